The number of rotatable bonds is 6. The van der Waals surface area contributed by atoms with E-state index in [2.05, 4.69) is 185 Å². The van der Waals surface area contributed by atoms with Crippen LogP contribution in [0.4, 0.5) is 0 Å². The van der Waals surface area contributed by atoms with Crippen molar-refractivity contribution in [3.8, 4) is 56.2 Å². The third-order valence-electron chi connectivity index (χ3n) is 11.8. The summed E-state index contributed by atoms with van der Waals surface area (Å²) in [5, 5.41) is 12.9. The van der Waals surface area contributed by atoms with Crippen molar-refractivity contribution >= 4 is 21.9 Å². The van der Waals surface area contributed by atoms with Gasteiger partial charge in [-0.15, -0.1) is 34.9 Å². The van der Waals surface area contributed by atoms with Crippen LogP contribution in [0.25, 0.3) is 72.4 Å². The van der Waals surface area contributed by atoms with E-state index in [9.17, 15) is 5.11 Å². The fourth-order valence-corrected chi connectivity index (χ4v) is 8.82. The number of aryl methyl sites for hydroxylation is 4. The van der Waals surface area contributed by atoms with Crippen LogP contribution in [0.15, 0.2) is 109 Å². The average Bonchev–Trinajstić information content (AvgIpc) is 3.55. The summed E-state index contributed by atoms with van der Waals surface area (Å²) in [7, 11) is 0. The molecule has 0 aliphatic carbocycles. The number of imidazole rings is 1. The monoisotopic (exact) mass is 969 g/mol. The van der Waals surface area contributed by atoms with Gasteiger partial charge >= 0.3 is 0 Å². The standard InChI is InChI=1S/C55H56N3O.Pt/c1-32(2)43-22-23-56-51-44(14-13-15-45(43)51)37-26-34(4)27-38(28-37)46-29-39(50-35(5)24-33(3)25-36(50)6)30-48-52(46)57-53(47-31-41(55(10,11)12)18-21-49(47)59)58(48)42-19-16-40(17-20-42)54(7,8)9;/h13-27,29-32,59H,1-12H3;/q-1;. The summed E-state index contributed by atoms with van der Waals surface area (Å²) < 4.78 is 2.24. The van der Waals surface area contributed by atoms with E-state index in [1.54, 1.807) is 0 Å². The van der Waals surface area contributed by atoms with Crippen molar-refractivity contribution in [2.24, 2.45) is 0 Å². The molecule has 6 aromatic carbocycles. The molecule has 1 N–H and O–H groups in total. The molecule has 0 amide bonds. The Morgan fingerprint density at radius 2 is 1.25 bits per heavy atom. The van der Waals surface area contributed by atoms with E-state index in [0.29, 0.717) is 17.3 Å². The first-order chi connectivity index (χ1) is 27.9. The number of nitrogens with zero attached hydrogens (tertiary/aromatic N) is 3. The number of hydrogen-bond donors (Lipinski definition) is 1. The zero-order valence-electron chi connectivity index (χ0n) is 37.1. The Bertz CT molecular complexity index is 2900. The van der Waals surface area contributed by atoms with Gasteiger partial charge in [-0.3, -0.25) is 9.55 Å². The molecule has 2 aromatic heterocycles. The number of aromatic hydroxyl groups is 1. The third kappa shape index (κ3) is 7.88. The number of para-hydroxylation sites is 1. The van der Waals surface area contributed by atoms with Gasteiger partial charge in [-0.25, -0.2) is 4.98 Å². The van der Waals surface area contributed by atoms with E-state index in [4.69, 9.17) is 9.97 Å². The van der Waals surface area contributed by atoms with Crippen LogP contribution < -0.4 is 0 Å². The maximum Gasteiger partial charge on any atom is 0.148 e. The number of pyridine rings is 1. The van der Waals surface area contributed by atoms with Gasteiger partial charge in [-0.2, -0.15) is 0 Å². The molecular formula is C55H56N3OPt-. The van der Waals surface area contributed by atoms with Gasteiger partial charge in [0.25, 0.3) is 0 Å². The Kier molecular flexibility index (Phi) is 11.4. The van der Waals surface area contributed by atoms with E-state index in [1.165, 1.54) is 38.8 Å². The molecule has 8 aromatic rings. The molecule has 5 heteroatoms. The van der Waals surface area contributed by atoms with Crippen molar-refractivity contribution in [2.45, 2.75) is 99.8 Å². The van der Waals surface area contributed by atoms with E-state index < -0.39 is 0 Å². The van der Waals surface area contributed by atoms with Gasteiger partial charge in [0.15, 0.2) is 0 Å². The number of aromatic nitrogens is 3. The Labute approximate surface area is 371 Å². The quantitative estimate of drug-likeness (QED) is 0.169. The number of benzene rings is 6. The Morgan fingerprint density at radius 3 is 1.88 bits per heavy atom. The molecule has 0 atom stereocenters. The summed E-state index contributed by atoms with van der Waals surface area (Å²) >= 11 is 0. The number of fused-ring (bicyclic) bond motifs is 2. The van der Waals surface area contributed by atoms with Crippen LogP contribution in [0.5, 0.6) is 5.75 Å². The fraction of sp³-hybridized carbons (Fsp3) is 0.273. The Hall–Kier alpha value is -5.31. The number of phenols is 1. The van der Waals surface area contributed by atoms with Gasteiger partial charge in [0.2, 0.25) is 0 Å². The first kappa shape index (κ1) is 42.8. The molecule has 0 saturated carbocycles. The molecule has 0 saturated heterocycles. The van der Waals surface area contributed by atoms with Gasteiger partial charge in [-0.05, 0) is 118 Å². The SMILES string of the molecule is Cc1cc(-c2cccc3c(C(C)C)ccnc23)[c-]c(-c2cc(-c3c(C)cc(C)cc3C)cc3c2nc(-c2cc(C(C)(C)C)ccc2O)n3-c2ccc(C(C)(C)C)cc2)c1.[Pt]. The zero-order valence-corrected chi connectivity index (χ0v) is 39.3. The fourth-order valence-electron chi connectivity index (χ4n) is 8.82. The van der Waals surface area contributed by atoms with Crippen molar-refractivity contribution in [3.05, 3.63) is 154 Å². The summed E-state index contributed by atoms with van der Waals surface area (Å²) in [5.41, 5.74) is 19.1. The van der Waals surface area contributed by atoms with Gasteiger partial charge < -0.3 is 5.11 Å². The van der Waals surface area contributed by atoms with Crippen molar-refractivity contribution in [2.75, 3.05) is 0 Å². The van der Waals surface area contributed by atoms with Crippen LogP contribution in [0, 0.1) is 33.8 Å². The van der Waals surface area contributed by atoms with Crippen molar-refractivity contribution < 1.29 is 26.2 Å². The minimum absolute atomic E-state index is 0. The van der Waals surface area contributed by atoms with Crippen LogP contribution in [-0.4, -0.2) is 19.6 Å². The molecule has 2 heterocycles. The molecule has 60 heavy (non-hydrogen) atoms. The summed E-state index contributed by atoms with van der Waals surface area (Å²) in [6.45, 7) is 26.5. The van der Waals surface area contributed by atoms with Gasteiger partial charge in [0.1, 0.15) is 11.6 Å². The molecular weight excluding hydrogens is 914 g/mol. The molecule has 0 fully saturated rings. The smallest absolute Gasteiger partial charge is 0.148 e. The molecule has 0 spiro atoms. The minimum Gasteiger partial charge on any atom is -0.507 e. The predicted molar refractivity (Wildman–Crippen MR) is 249 cm³/mol. The second-order valence-electron chi connectivity index (χ2n) is 19.0. The first-order valence-corrected chi connectivity index (χ1v) is 20.9. The molecule has 0 aliphatic rings. The third-order valence-corrected chi connectivity index (χ3v) is 11.8. The van der Waals surface area contributed by atoms with E-state index >= 15 is 0 Å². The van der Waals surface area contributed by atoms with Gasteiger partial charge in [-0.1, -0.05) is 134 Å². The van der Waals surface area contributed by atoms with Crippen molar-refractivity contribution in [1.82, 2.24) is 14.5 Å². The first-order valence-electron chi connectivity index (χ1n) is 20.9. The summed E-state index contributed by atoms with van der Waals surface area (Å²) in [6.07, 6.45) is 1.93. The second kappa shape index (κ2) is 15.9. The summed E-state index contributed by atoms with van der Waals surface area (Å²) in [5.74, 6) is 1.26. The maximum absolute atomic E-state index is 11.7. The predicted octanol–water partition coefficient (Wildman–Crippen LogP) is 14.7. The van der Waals surface area contributed by atoms with Crippen LogP contribution in [0.3, 0.4) is 0 Å². The molecule has 0 radical (unpaired) electrons. The maximum atomic E-state index is 11.7. The van der Waals surface area contributed by atoms with Crippen molar-refractivity contribution in [3.63, 3.8) is 0 Å². The second-order valence-corrected chi connectivity index (χ2v) is 19.0. The molecule has 8 rings (SSSR count). The summed E-state index contributed by atoms with van der Waals surface area (Å²) in [6, 6.07) is 40.9. The molecule has 4 nitrogen and oxygen atoms in total. The summed E-state index contributed by atoms with van der Waals surface area (Å²) in [4.78, 5) is 10.5. The van der Waals surface area contributed by atoms with Gasteiger partial charge in [0.05, 0.1) is 16.6 Å². The van der Waals surface area contributed by atoms with E-state index in [-0.39, 0.29) is 37.6 Å². The average molecular weight is 970 g/mol. The molecule has 0 aliphatic heterocycles. The van der Waals surface area contributed by atoms with Gasteiger partial charge in [0, 0.05) is 38.5 Å². The molecule has 308 valence electrons. The Balaban J connectivity index is 0.00000544. The van der Waals surface area contributed by atoms with E-state index in [0.717, 1.165) is 61.2 Å². The topological polar surface area (TPSA) is 50.9 Å². The normalized spacial score (nSPS) is 12.1. The largest absolute Gasteiger partial charge is 0.507 e. The van der Waals surface area contributed by atoms with Crippen LogP contribution >= 0.6 is 0 Å². The van der Waals surface area contributed by atoms with Crippen LogP contribution in [0.2, 0.25) is 0 Å². The van der Waals surface area contributed by atoms with Crippen molar-refractivity contribution in [1.29, 1.82) is 0 Å². The van der Waals surface area contributed by atoms with Crippen LogP contribution in [0.1, 0.15) is 100 Å². The zero-order chi connectivity index (χ0) is 42.1. The van der Waals surface area contributed by atoms with E-state index in [1.807, 2.05) is 18.3 Å². The molecule has 0 unspecified atom stereocenters. The Morgan fingerprint density at radius 1 is 0.633 bits per heavy atom. The van der Waals surface area contributed by atoms with Crippen LogP contribution in [-0.2, 0) is 31.9 Å². The number of hydrogen-bond acceptors (Lipinski definition) is 3. The molecule has 0 bridgehead atoms. The minimum atomic E-state index is -0.133. The number of phenolic OH excluding ortho intramolecular Hbond substituents is 1.